The fourth-order valence-corrected chi connectivity index (χ4v) is 2.03. The van der Waals surface area contributed by atoms with Crippen LogP contribution in [-0.4, -0.2) is 60.1 Å². The highest BCUT2D eigenvalue weighted by atomic mass is 16.5. The molecule has 19 heavy (non-hydrogen) atoms. The summed E-state index contributed by atoms with van der Waals surface area (Å²) in [6.45, 7) is 2.84. The Morgan fingerprint density at radius 3 is 3.16 bits per heavy atom. The van der Waals surface area contributed by atoms with Gasteiger partial charge in [-0.3, -0.25) is 0 Å². The lowest BCUT2D eigenvalue weighted by Gasteiger charge is -2.38. The number of aromatic nitrogens is 2. The van der Waals surface area contributed by atoms with Gasteiger partial charge in [-0.2, -0.15) is 0 Å². The molecule has 0 aromatic carbocycles. The van der Waals surface area contributed by atoms with Gasteiger partial charge in [-0.15, -0.1) is 0 Å². The summed E-state index contributed by atoms with van der Waals surface area (Å²) >= 11 is 0. The molecule has 2 rings (SSSR count). The lowest BCUT2D eigenvalue weighted by atomic mass is 10.1. The number of hydrogen-bond acceptors (Lipinski definition) is 7. The van der Waals surface area contributed by atoms with E-state index in [0.717, 1.165) is 0 Å². The largest absolute Gasteiger partial charge is 0.465 e. The van der Waals surface area contributed by atoms with Crippen LogP contribution in [0.2, 0.25) is 0 Å². The SMILES string of the molecule is COC(=O)c1cncnc1N1CC(CO)OCC1C. The van der Waals surface area contributed by atoms with Crippen LogP contribution in [0.4, 0.5) is 5.82 Å². The zero-order chi connectivity index (χ0) is 13.8. The van der Waals surface area contributed by atoms with E-state index in [1.165, 1.54) is 19.6 Å². The average molecular weight is 267 g/mol. The minimum Gasteiger partial charge on any atom is -0.465 e. The molecule has 7 nitrogen and oxygen atoms in total. The Balaban J connectivity index is 2.31. The summed E-state index contributed by atoms with van der Waals surface area (Å²) < 4.78 is 10.2. The van der Waals surface area contributed by atoms with E-state index < -0.39 is 5.97 Å². The van der Waals surface area contributed by atoms with Crippen LogP contribution in [0.3, 0.4) is 0 Å². The monoisotopic (exact) mass is 267 g/mol. The third-order valence-corrected chi connectivity index (χ3v) is 3.08. The van der Waals surface area contributed by atoms with E-state index in [0.29, 0.717) is 24.5 Å². The summed E-state index contributed by atoms with van der Waals surface area (Å²) in [6, 6.07) is 0.0566. The van der Waals surface area contributed by atoms with Gasteiger partial charge < -0.3 is 19.5 Å². The Bertz CT molecular complexity index is 454. The fourth-order valence-electron chi connectivity index (χ4n) is 2.03. The summed E-state index contributed by atoms with van der Waals surface area (Å²) in [5.41, 5.74) is 0.315. The van der Waals surface area contributed by atoms with Crippen LogP contribution in [0.25, 0.3) is 0 Å². The van der Waals surface area contributed by atoms with E-state index in [2.05, 4.69) is 9.97 Å². The van der Waals surface area contributed by atoms with Gasteiger partial charge in [-0.05, 0) is 6.92 Å². The van der Waals surface area contributed by atoms with Gasteiger partial charge in [0.25, 0.3) is 0 Å². The molecule has 2 unspecified atom stereocenters. The third kappa shape index (κ3) is 2.82. The maximum Gasteiger partial charge on any atom is 0.343 e. The van der Waals surface area contributed by atoms with Crippen molar-refractivity contribution >= 4 is 11.8 Å². The molecule has 104 valence electrons. The maximum atomic E-state index is 11.7. The second-order valence-corrected chi connectivity index (χ2v) is 4.39. The number of carbonyl (C=O) groups is 1. The summed E-state index contributed by atoms with van der Waals surface area (Å²) in [4.78, 5) is 21.7. The molecule has 1 fully saturated rings. The molecule has 0 aliphatic carbocycles. The van der Waals surface area contributed by atoms with Crippen molar-refractivity contribution < 1.29 is 19.4 Å². The minimum atomic E-state index is -0.477. The zero-order valence-corrected chi connectivity index (χ0v) is 10.9. The topological polar surface area (TPSA) is 84.8 Å². The van der Waals surface area contributed by atoms with Gasteiger partial charge in [0.1, 0.15) is 17.7 Å². The molecule has 0 amide bonds. The van der Waals surface area contributed by atoms with Crippen LogP contribution in [0.15, 0.2) is 12.5 Å². The van der Waals surface area contributed by atoms with E-state index in [1.54, 1.807) is 0 Å². The van der Waals surface area contributed by atoms with Gasteiger partial charge in [0.05, 0.1) is 32.5 Å². The number of nitrogens with zero attached hydrogens (tertiary/aromatic N) is 3. The number of morpholine rings is 1. The van der Waals surface area contributed by atoms with Crippen molar-refractivity contribution in [1.29, 1.82) is 0 Å². The first kappa shape index (κ1) is 13.7. The molecule has 2 atom stereocenters. The van der Waals surface area contributed by atoms with E-state index in [4.69, 9.17) is 9.47 Å². The second kappa shape index (κ2) is 5.94. The van der Waals surface area contributed by atoms with Gasteiger partial charge in [-0.1, -0.05) is 0 Å². The Labute approximate surface area is 111 Å². The van der Waals surface area contributed by atoms with Gasteiger partial charge >= 0.3 is 5.97 Å². The summed E-state index contributed by atoms with van der Waals surface area (Å²) in [7, 11) is 1.32. The number of anilines is 1. The van der Waals surface area contributed by atoms with E-state index in [9.17, 15) is 9.90 Å². The highest BCUT2D eigenvalue weighted by molar-refractivity contribution is 5.94. The van der Waals surface area contributed by atoms with E-state index >= 15 is 0 Å². The van der Waals surface area contributed by atoms with Gasteiger partial charge in [0.2, 0.25) is 0 Å². The molecule has 1 N–H and O–H groups in total. The van der Waals surface area contributed by atoms with Crippen LogP contribution in [0.5, 0.6) is 0 Å². The van der Waals surface area contributed by atoms with Crippen LogP contribution in [0.1, 0.15) is 17.3 Å². The third-order valence-electron chi connectivity index (χ3n) is 3.08. The predicted molar refractivity (Wildman–Crippen MR) is 67.0 cm³/mol. The molecule has 0 bridgehead atoms. The van der Waals surface area contributed by atoms with Crippen molar-refractivity contribution in [2.24, 2.45) is 0 Å². The van der Waals surface area contributed by atoms with Crippen molar-refractivity contribution in [3.63, 3.8) is 0 Å². The first-order valence-corrected chi connectivity index (χ1v) is 6.04. The van der Waals surface area contributed by atoms with Crippen LogP contribution >= 0.6 is 0 Å². The molecule has 1 aliphatic heterocycles. The Hall–Kier alpha value is -1.73. The summed E-state index contributed by atoms with van der Waals surface area (Å²) in [5, 5.41) is 9.19. The highest BCUT2D eigenvalue weighted by Crippen LogP contribution is 2.23. The fraction of sp³-hybridized carbons (Fsp3) is 0.583. The normalized spacial score (nSPS) is 23.2. The molecule has 7 heteroatoms. The number of aliphatic hydroxyl groups is 1. The van der Waals surface area contributed by atoms with Crippen molar-refractivity contribution in [2.45, 2.75) is 19.1 Å². The highest BCUT2D eigenvalue weighted by Gasteiger charge is 2.29. The molecular formula is C12H17N3O4. The van der Waals surface area contributed by atoms with Gasteiger partial charge in [0, 0.05) is 12.7 Å². The minimum absolute atomic E-state index is 0.0566. The van der Waals surface area contributed by atoms with Crippen LogP contribution in [-0.2, 0) is 9.47 Å². The molecule has 1 aromatic heterocycles. The molecule has 1 aliphatic rings. The first-order chi connectivity index (χ1) is 9.17. The second-order valence-electron chi connectivity index (χ2n) is 4.39. The summed E-state index contributed by atoms with van der Waals surface area (Å²) in [5.74, 6) is 0.0333. The number of rotatable bonds is 3. The lowest BCUT2D eigenvalue weighted by Crippen LogP contribution is -2.50. The van der Waals surface area contributed by atoms with E-state index in [1.807, 2.05) is 11.8 Å². The standard InChI is InChI=1S/C12H17N3O4/c1-8-6-19-9(5-16)4-15(8)11-10(12(17)18-2)3-13-7-14-11/h3,7-9,16H,4-6H2,1-2H3. The van der Waals surface area contributed by atoms with Gasteiger partial charge in [0.15, 0.2) is 0 Å². The predicted octanol–water partition coefficient (Wildman–Crippen LogP) is -0.151. The zero-order valence-electron chi connectivity index (χ0n) is 10.9. The van der Waals surface area contributed by atoms with Crippen molar-refractivity contribution in [2.75, 3.05) is 31.8 Å². The molecule has 0 spiro atoms. The summed E-state index contributed by atoms with van der Waals surface area (Å²) in [6.07, 6.45) is 2.54. The van der Waals surface area contributed by atoms with Gasteiger partial charge in [-0.25, -0.2) is 14.8 Å². The van der Waals surface area contributed by atoms with Crippen molar-refractivity contribution in [3.8, 4) is 0 Å². The molecule has 1 aromatic rings. The lowest BCUT2D eigenvalue weighted by molar-refractivity contribution is -0.0106. The van der Waals surface area contributed by atoms with Crippen LogP contribution < -0.4 is 4.90 Å². The molecule has 0 radical (unpaired) electrons. The number of aliphatic hydroxyl groups excluding tert-OH is 1. The van der Waals surface area contributed by atoms with Crippen molar-refractivity contribution in [3.05, 3.63) is 18.1 Å². The maximum absolute atomic E-state index is 11.7. The molecule has 2 heterocycles. The molecular weight excluding hydrogens is 250 g/mol. The van der Waals surface area contributed by atoms with Crippen molar-refractivity contribution in [1.82, 2.24) is 9.97 Å². The number of esters is 1. The Morgan fingerprint density at radius 2 is 2.47 bits per heavy atom. The number of hydrogen-bond donors (Lipinski definition) is 1. The molecule has 0 saturated carbocycles. The first-order valence-electron chi connectivity index (χ1n) is 6.04. The number of ether oxygens (including phenoxy) is 2. The van der Waals surface area contributed by atoms with E-state index in [-0.39, 0.29) is 18.8 Å². The Morgan fingerprint density at radius 1 is 1.68 bits per heavy atom. The quantitative estimate of drug-likeness (QED) is 0.762. The number of carbonyl (C=O) groups excluding carboxylic acids is 1. The average Bonchev–Trinajstić information content (AvgIpc) is 2.47. The van der Waals surface area contributed by atoms with Crippen LogP contribution in [0, 0.1) is 0 Å². The molecule has 1 saturated heterocycles. The Kier molecular flexibility index (Phi) is 4.28. The number of methoxy groups -OCH3 is 1. The smallest absolute Gasteiger partial charge is 0.343 e.